The van der Waals surface area contributed by atoms with Crippen LogP contribution >= 0.6 is 0 Å². The van der Waals surface area contributed by atoms with E-state index in [2.05, 4.69) is 18.7 Å². The number of likely N-dealkylation sites (N-methyl/N-ethyl adjacent to an activating group) is 1. The van der Waals surface area contributed by atoms with Crippen LogP contribution in [-0.4, -0.2) is 55.7 Å². The van der Waals surface area contributed by atoms with Crippen LogP contribution in [0.15, 0.2) is 24.3 Å². The van der Waals surface area contributed by atoms with Gasteiger partial charge in [0.15, 0.2) is 0 Å². The van der Waals surface area contributed by atoms with E-state index in [1.807, 2.05) is 41.5 Å². The zero-order valence-corrected chi connectivity index (χ0v) is 19.1. The minimum Gasteiger partial charge on any atom is -0.336 e. The molecule has 1 heterocycles. The van der Waals surface area contributed by atoms with Crippen molar-refractivity contribution in [2.45, 2.75) is 60.6 Å². The van der Waals surface area contributed by atoms with Gasteiger partial charge in [-0.15, -0.1) is 0 Å². The fourth-order valence-corrected chi connectivity index (χ4v) is 1.99. The normalized spacial score (nSPS) is 13.1. The summed E-state index contributed by atoms with van der Waals surface area (Å²) in [6, 6.07) is 4.37. The molecule has 0 radical (unpaired) electrons. The summed E-state index contributed by atoms with van der Waals surface area (Å²) in [5.41, 5.74) is -0.431. The van der Waals surface area contributed by atoms with Gasteiger partial charge in [0.1, 0.15) is 6.79 Å². The molecule has 1 aromatic carbocycles. The molecule has 0 N–H and O–H groups in total. The van der Waals surface area contributed by atoms with Crippen molar-refractivity contribution in [3.05, 3.63) is 35.4 Å². The van der Waals surface area contributed by atoms with Gasteiger partial charge in [0, 0.05) is 31.7 Å². The molecule has 4 nitrogen and oxygen atoms in total. The van der Waals surface area contributed by atoms with Crippen LogP contribution in [0.1, 0.15) is 70.3 Å². The molecule has 1 saturated heterocycles. The van der Waals surface area contributed by atoms with Crippen LogP contribution in [0, 0.1) is 0 Å². The van der Waals surface area contributed by atoms with Gasteiger partial charge in [-0.2, -0.15) is 13.2 Å². The lowest BCUT2D eigenvalue weighted by Gasteiger charge is -2.32. The van der Waals surface area contributed by atoms with E-state index in [0.717, 1.165) is 25.2 Å². The van der Waals surface area contributed by atoms with Crippen LogP contribution < -0.4 is 0 Å². The van der Waals surface area contributed by atoms with Gasteiger partial charge in [-0.05, 0) is 31.3 Å². The largest absolute Gasteiger partial charge is 0.416 e. The number of hydrogen-bond acceptors (Lipinski definition) is 3. The van der Waals surface area contributed by atoms with Crippen molar-refractivity contribution in [3.63, 3.8) is 0 Å². The second-order valence-electron chi connectivity index (χ2n) is 5.67. The highest BCUT2D eigenvalue weighted by Crippen LogP contribution is 2.29. The maximum absolute atomic E-state index is 12.4. The van der Waals surface area contributed by atoms with Crippen molar-refractivity contribution in [1.29, 1.82) is 0 Å². The summed E-state index contributed by atoms with van der Waals surface area (Å²) in [4.78, 5) is 23.9. The Bertz CT molecular complexity index is 496. The summed E-state index contributed by atoms with van der Waals surface area (Å²) in [7, 11) is 1.97. The van der Waals surface area contributed by atoms with Crippen LogP contribution in [0.5, 0.6) is 0 Å². The first-order valence-electron chi connectivity index (χ1n) is 10.2. The Morgan fingerprint density at radius 2 is 1.28 bits per heavy atom. The molecule has 7 heteroatoms. The zero-order valence-electron chi connectivity index (χ0n) is 19.1. The number of carbonyl (C=O) groups is 2. The smallest absolute Gasteiger partial charge is 0.336 e. The van der Waals surface area contributed by atoms with Crippen molar-refractivity contribution in [2.75, 3.05) is 33.2 Å². The average Bonchev–Trinajstić information content (AvgIpc) is 2.77. The number of benzene rings is 1. The summed E-state index contributed by atoms with van der Waals surface area (Å²) < 4.78 is 37.3. The number of alkyl halides is 3. The highest BCUT2D eigenvalue weighted by Gasteiger charge is 2.30. The summed E-state index contributed by atoms with van der Waals surface area (Å²) in [6.07, 6.45) is -1.73. The van der Waals surface area contributed by atoms with E-state index in [9.17, 15) is 18.0 Å². The molecule has 1 fully saturated rings. The molecule has 0 bridgehead atoms. The molecule has 170 valence electrons. The Balaban J connectivity index is -0.000000580. The molecule has 29 heavy (non-hydrogen) atoms. The number of piperazine rings is 1. The highest BCUT2D eigenvalue weighted by atomic mass is 19.4. The number of amides is 1. The standard InChI is InChI=1S/C13H15F3N2O.C4H10.2C2H6.CH2O/c1-17-6-8-18(9-7-17)12(19)10-2-4-11(5-3-10)13(14,15)16;1-3-4-2;3*1-2/h2-5H,6-9H2,1H3;3-4H2,1-2H3;2*1-2H3;1H2. The molecular weight excluding hydrogens is 381 g/mol. The number of unbranched alkanes of at least 4 members (excludes halogenated alkanes) is 1. The van der Waals surface area contributed by atoms with Gasteiger partial charge in [0.2, 0.25) is 0 Å². The van der Waals surface area contributed by atoms with Gasteiger partial charge in [0.05, 0.1) is 5.56 Å². The first-order valence-corrected chi connectivity index (χ1v) is 10.2. The van der Waals surface area contributed by atoms with Crippen molar-refractivity contribution in [1.82, 2.24) is 9.80 Å². The Hall–Kier alpha value is -1.89. The minimum absolute atomic E-state index is 0.207. The Morgan fingerprint density at radius 1 is 0.897 bits per heavy atom. The molecule has 1 amide bonds. The van der Waals surface area contributed by atoms with Crippen molar-refractivity contribution >= 4 is 12.7 Å². The first-order chi connectivity index (χ1) is 13.8. The summed E-state index contributed by atoms with van der Waals surface area (Å²) in [5.74, 6) is -0.207. The molecular formula is C22H39F3N2O2. The maximum Gasteiger partial charge on any atom is 0.416 e. The van der Waals surface area contributed by atoms with Crippen LogP contribution in [0.2, 0.25) is 0 Å². The number of hydrogen-bond donors (Lipinski definition) is 0. The first kappa shape index (κ1) is 31.8. The van der Waals surface area contributed by atoms with Gasteiger partial charge in [0.25, 0.3) is 5.91 Å². The maximum atomic E-state index is 12.4. The van der Waals surface area contributed by atoms with Crippen LogP contribution in [-0.2, 0) is 11.0 Å². The number of halogens is 3. The third kappa shape index (κ3) is 13.8. The number of rotatable bonds is 2. The SMILES string of the molecule is C=O.CC.CC.CCCC.CN1CCN(C(=O)c2ccc(C(F)(F)F)cc2)CC1. The summed E-state index contributed by atoms with van der Waals surface area (Å²) >= 11 is 0. The lowest BCUT2D eigenvalue weighted by Crippen LogP contribution is -2.47. The predicted molar refractivity (Wildman–Crippen MR) is 115 cm³/mol. The minimum atomic E-state index is -4.37. The highest BCUT2D eigenvalue weighted by molar-refractivity contribution is 5.94. The summed E-state index contributed by atoms with van der Waals surface area (Å²) in [5, 5.41) is 0. The summed E-state index contributed by atoms with van der Waals surface area (Å²) in [6.45, 7) is 17.1. The lowest BCUT2D eigenvalue weighted by atomic mass is 10.1. The predicted octanol–water partition coefficient (Wildman–Crippen LogP) is 5.77. The molecule has 1 aromatic rings. The number of nitrogens with zero attached hydrogens (tertiary/aromatic N) is 2. The fourth-order valence-electron chi connectivity index (χ4n) is 1.99. The molecule has 0 atom stereocenters. The van der Waals surface area contributed by atoms with Gasteiger partial charge in [-0.1, -0.05) is 54.4 Å². The van der Waals surface area contributed by atoms with Gasteiger partial charge in [-0.25, -0.2) is 0 Å². The van der Waals surface area contributed by atoms with Crippen LogP contribution in [0.25, 0.3) is 0 Å². The van der Waals surface area contributed by atoms with Crippen molar-refractivity contribution in [3.8, 4) is 0 Å². The van der Waals surface area contributed by atoms with Gasteiger partial charge < -0.3 is 14.6 Å². The average molecular weight is 421 g/mol. The van der Waals surface area contributed by atoms with E-state index in [4.69, 9.17) is 4.79 Å². The molecule has 0 aliphatic carbocycles. The van der Waals surface area contributed by atoms with E-state index in [1.54, 1.807) is 4.90 Å². The molecule has 0 spiro atoms. The van der Waals surface area contributed by atoms with Crippen molar-refractivity contribution in [2.24, 2.45) is 0 Å². The Kier molecular flexibility index (Phi) is 21.3. The zero-order chi connectivity index (χ0) is 23.5. The van der Waals surface area contributed by atoms with Crippen LogP contribution in [0.3, 0.4) is 0 Å². The number of carbonyl (C=O) groups excluding carboxylic acids is 2. The van der Waals surface area contributed by atoms with Gasteiger partial charge in [-0.3, -0.25) is 4.79 Å². The second-order valence-corrected chi connectivity index (χ2v) is 5.67. The van der Waals surface area contributed by atoms with E-state index >= 15 is 0 Å². The molecule has 1 aliphatic rings. The van der Waals surface area contributed by atoms with Crippen molar-refractivity contribution < 1.29 is 22.8 Å². The quantitative estimate of drug-likeness (QED) is 0.610. The molecule has 0 aromatic heterocycles. The van der Waals surface area contributed by atoms with E-state index < -0.39 is 11.7 Å². The van der Waals surface area contributed by atoms with E-state index in [0.29, 0.717) is 18.7 Å². The molecule has 1 aliphatic heterocycles. The topological polar surface area (TPSA) is 40.6 Å². The molecule has 0 saturated carbocycles. The third-order valence-electron chi connectivity index (χ3n) is 3.75. The van der Waals surface area contributed by atoms with Gasteiger partial charge >= 0.3 is 6.18 Å². The lowest BCUT2D eigenvalue weighted by molar-refractivity contribution is -0.137. The molecule has 2 rings (SSSR count). The Labute approximate surface area is 175 Å². The molecule has 0 unspecified atom stereocenters. The second kappa shape index (κ2) is 19.4. The Morgan fingerprint density at radius 3 is 1.59 bits per heavy atom. The third-order valence-corrected chi connectivity index (χ3v) is 3.75. The van der Waals surface area contributed by atoms with E-state index in [1.165, 1.54) is 25.0 Å². The monoisotopic (exact) mass is 420 g/mol. The van der Waals surface area contributed by atoms with E-state index in [-0.39, 0.29) is 5.91 Å². The van der Waals surface area contributed by atoms with Crippen LogP contribution in [0.4, 0.5) is 13.2 Å². The fraction of sp³-hybridized carbons (Fsp3) is 0.636.